The lowest BCUT2D eigenvalue weighted by molar-refractivity contribution is 0.395. The molecule has 0 atom stereocenters. The fraction of sp³-hybridized carbons (Fsp3) is 0.200. The minimum atomic E-state index is -3.88. The van der Waals surface area contributed by atoms with Crippen molar-refractivity contribution in [2.45, 2.75) is 11.8 Å². The van der Waals surface area contributed by atoms with Gasteiger partial charge in [-0.2, -0.15) is 0 Å². The number of anilines is 1. The van der Waals surface area contributed by atoms with Crippen LogP contribution in [0.1, 0.15) is 5.56 Å². The first kappa shape index (κ1) is 17.7. The van der Waals surface area contributed by atoms with Gasteiger partial charge < -0.3 is 9.47 Å². The Labute approximate surface area is 145 Å². The van der Waals surface area contributed by atoms with E-state index in [9.17, 15) is 8.42 Å². The first-order chi connectivity index (χ1) is 10.8. The summed E-state index contributed by atoms with van der Waals surface area (Å²) < 4.78 is 37.8. The van der Waals surface area contributed by atoms with Gasteiger partial charge in [-0.15, -0.1) is 0 Å². The average molecular weight is 376 g/mol. The summed E-state index contributed by atoms with van der Waals surface area (Å²) in [4.78, 5) is -0.0529. The minimum Gasteiger partial charge on any atom is -0.497 e. The smallest absolute Gasteiger partial charge is 0.263 e. The van der Waals surface area contributed by atoms with Gasteiger partial charge in [0.15, 0.2) is 0 Å². The number of hydrogen-bond donors (Lipinski definition) is 1. The number of hydrogen-bond acceptors (Lipinski definition) is 4. The summed E-state index contributed by atoms with van der Waals surface area (Å²) in [7, 11) is -0.928. The lowest BCUT2D eigenvalue weighted by Gasteiger charge is -2.13. The molecule has 124 valence electrons. The predicted octanol–water partition coefficient (Wildman–Crippen LogP) is 4.12. The van der Waals surface area contributed by atoms with Crippen molar-refractivity contribution in [1.82, 2.24) is 0 Å². The standard InChI is InChI=1S/C15H15Cl2NO4S/c1-9-4-15(14(17)8-13(9)16)23(19,20)18-10-5-11(21-2)7-12(6-10)22-3/h4-8,18H,1-3H3. The fourth-order valence-corrected chi connectivity index (χ4v) is 3.79. The Morgan fingerprint density at radius 3 is 2.00 bits per heavy atom. The Balaban J connectivity index is 2.44. The molecular formula is C15H15Cl2NO4S. The molecule has 2 aromatic rings. The van der Waals surface area contributed by atoms with Crippen molar-refractivity contribution in [2.75, 3.05) is 18.9 Å². The van der Waals surface area contributed by atoms with Crippen molar-refractivity contribution in [2.24, 2.45) is 0 Å². The van der Waals surface area contributed by atoms with Gasteiger partial charge in [0.2, 0.25) is 0 Å². The lowest BCUT2D eigenvalue weighted by Crippen LogP contribution is -2.14. The van der Waals surface area contributed by atoms with E-state index in [4.69, 9.17) is 32.7 Å². The summed E-state index contributed by atoms with van der Waals surface area (Å²) in [6.07, 6.45) is 0. The third-order valence-corrected chi connectivity index (χ3v) is 5.36. The third kappa shape index (κ3) is 4.02. The van der Waals surface area contributed by atoms with Crippen LogP contribution >= 0.6 is 23.2 Å². The van der Waals surface area contributed by atoms with E-state index in [0.717, 1.165) is 0 Å². The number of ether oxygens (including phenoxy) is 2. The average Bonchev–Trinajstić information content (AvgIpc) is 2.49. The Morgan fingerprint density at radius 2 is 1.48 bits per heavy atom. The second kappa shape index (κ2) is 6.86. The minimum absolute atomic E-state index is 0.0444. The van der Waals surface area contributed by atoms with Crippen molar-refractivity contribution in [3.8, 4) is 11.5 Å². The molecule has 1 N–H and O–H groups in total. The highest BCUT2D eigenvalue weighted by molar-refractivity contribution is 7.92. The van der Waals surface area contributed by atoms with Crippen LogP contribution < -0.4 is 14.2 Å². The summed E-state index contributed by atoms with van der Waals surface area (Å²) in [6.45, 7) is 1.70. The van der Waals surface area contributed by atoms with Crippen LogP contribution in [0.3, 0.4) is 0 Å². The number of sulfonamides is 1. The van der Waals surface area contributed by atoms with E-state index in [-0.39, 0.29) is 9.92 Å². The monoisotopic (exact) mass is 375 g/mol. The van der Waals surface area contributed by atoms with Crippen molar-refractivity contribution >= 4 is 38.9 Å². The Morgan fingerprint density at radius 1 is 0.913 bits per heavy atom. The van der Waals surface area contributed by atoms with Gasteiger partial charge in [-0.1, -0.05) is 23.2 Å². The molecule has 5 nitrogen and oxygen atoms in total. The van der Waals surface area contributed by atoms with Gasteiger partial charge in [-0.05, 0) is 24.6 Å². The molecule has 23 heavy (non-hydrogen) atoms. The van der Waals surface area contributed by atoms with Gasteiger partial charge in [0.05, 0.1) is 24.9 Å². The zero-order valence-electron chi connectivity index (χ0n) is 12.7. The quantitative estimate of drug-likeness (QED) is 0.853. The fourth-order valence-electron chi connectivity index (χ4n) is 1.91. The maximum atomic E-state index is 12.6. The molecular weight excluding hydrogens is 361 g/mol. The SMILES string of the molecule is COc1cc(NS(=O)(=O)c2cc(C)c(Cl)cc2Cl)cc(OC)c1. The topological polar surface area (TPSA) is 64.6 Å². The number of rotatable bonds is 5. The van der Waals surface area contributed by atoms with Crippen molar-refractivity contribution in [3.05, 3.63) is 45.9 Å². The molecule has 0 aliphatic rings. The van der Waals surface area contributed by atoms with Gasteiger partial charge in [0.1, 0.15) is 16.4 Å². The summed E-state index contributed by atoms with van der Waals surface area (Å²) in [5.74, 6) is 0.917. The molecule has 0 aromatic heterocycles. The summed E-state index contributed by atoms with van der Waals surface area (Å²) >= 11 is 12.0. The van der Waals surface area contributed by atoms with Gasteiger partial charge in [-0.25, -0.2) is 8.42 Å². The molecule has 0 spiro atoms. The van der Waals surface area contributed by atoms with E-state index < -0.39 is 10.0 Å². The van der Waals surface area contributed by atoms with E-state index >= 15 is 0 Å². The number of methoxy groups -OCH3 is 2. The maximum Gasteiger partial charge on any atom is 0.263 e. The molecule has 0 unspecified atom stereocenters. The normalized spacial score (nSPS) is 11.2. The molecule has 0 fully saturated rings. The highest BCUT2D eigenvalue weighted by Crippen LogP contribution is 2.31. The van der Waals surface area contributed by atoms with Crippen LogP contribution in [0.4, 0.5) is 5.69 Å². The van der Waals surface area contributed by atoms with Crippen molar-refractivity contribution < 1.29 is 17.9 Å². The van der Waals surface area contributed by atoms with Gasteiger partial charge in [0.25, 0.3) is 10.0 Å². The Kier molecular flexibility index (Phi) is 5.29. The van der Waals surface area contributed by atoms with Crippen molar-refractivity contribution in [1.29, 1.82) is 0 Å². The molecule has 0 radical (unpaired) electrons. The van der Waals surface area contributed by atoms with Crippen LogP contribution in [0.2, 0.25) is 10.0 Å². The van der Waals surface area contributed by atoms with Gasteiger partial charge in [-0.3, -0.25) is 4.72 Å². The molecule has 2 rings (SSSR count). The summed E-state index contributed by atoms with van der Waals surface area (Å²) in [6, 6.07) is 7.54. The van der Waals surface area contributed by atoms with E-state index in [1.807, 2.05) is 0 Å². The summed E-state index contributed by atoms with van der Waals surface area (Å²) in [5.41, 5.74) is 0.907. The van der Waals surface area contributed by atoms with E-state index in [1.54, 1.807) is 13.0 Å². The zero-order valence-corrected chi connectivity index (χ0v) is 15.0. The van der Waals surface area contributed by atoms with E-state index in [0.29, 0.717) is 27.8 Å². The molecule has 2 aromatic carbocycles. The molecule has 0 saturated heterocycles. The van der Waals surface area contributed by atoms with Crippen LogP contribution in [0.25, 0.3) is 0 Å². The highest BCUT2D eigenvalue weighted by Gasteiger charge is 2.20. The molecule has 0 aliphatic carbocycles. The first-order valence-corrected chi connectivity index (χ1v) is 8.72. The van der Waals surface area contributed by atoms with E-state index in [1.165, 1.54) is 38.5 Å². The van der Waals surface area contributed by atoms with Gasteiger partial charge >= 0.3 is 0 Å². The predicted molar refractivity (Wildman–Crippen MR) is 91.6 cm³/mol. The molecule has 0 heterocycles. The largest absolute Gasteiger partial charge is 0.497 e. The maximum absolute atomic E-state index is 12.6. The first-order valence-electron chi connectivity index (χ1n) is 6.48. The zero-order chi connectivity index (χ0) is 17.2. The van der Waals surface area contributed by atoms with Crippen LogP contribution in [-0.2, 0) is 10.0 Å². The molecule has 0 bridgehead atoms. The van der Waals surface area contributed by atoms with Crippen LogP contribution in [-0.4, -0.2) is 22.6 Å². The van der Waals surface area contributed by atoms with Crippen molar-refractivity contribution in [3.63, 3.8) is 0 Å². The Hall–Kier alpha value is -1.63. The molecule has 0 aliphatic heterocycles. The Bertz CT molecular complexity index is 815. The number of benzene rings is 2. The summed E-state index contributed by atoms with van der Waals surface area (Å²) in [5, 5.41) is 0.444. The van der Waals surface area contributed by atoms with Crippen LogP contribution in [0.15, 0.2) is 35.2 Å². The second-order valence-corrected chi connectivity index (χ2v) is 7.20. The number of aryl methyl sites for hydroxylation is 1. The lowest BCUT2D eigenvalue weighted by atomic mass is 10.2. The number of halogens is 2. The van der Waals surface area contributed by atoms with E-state index in [2.05, 4.69) is 4.72 Å². The molecule has 0 saturated carbocycles. The second-order valence-electron chi connectivity index (χ2n) is 4.74. The molecule has 8 heteroatoms. The third-order valence-electron chi connectivity index (χ3n) is 3.11. The van der Waals surface area contributed by atoms with Gasteiger partial charge in [0, 0.05) is 23.2 Å². The van der Waals surface area contributed by atoms with Crippen LogP contribution in [0, 0.1) is 6.92 Å². The molecule has 0 amide bonds. The van der Waals surface area contributed by atoms with Crippen LogP contribution in [0.5, 0.6) is 11.5 Å². The number of nitrogens with one attached hydrogen (secondary N) is 1. The highest BCUT2D eigenvalue weighted by atomic mass is 35.5.